The molecule has 1 aromatic rings. The molecule has 1 heterocycles. The van der Waals surface area contributed by atoms with Crippen molar-refractivity contribution in [1.29, 1.82) is 0 Å². The molecular weight excluding hydrogens is 264 g/mol. The average molecular weight is 288 g/mol. The number of sulfonamides is 1. The lowest BCUT2D eigenvalue weighted by molar-refractivity contribution is 0.381. The summed E-state index contributed by atoms with van der Waals surface area (Å²) in [6, 6.07) is 3.18. The summed E-state index contributed by atoms with van der Waals surface area (Å²) in [5.41, 5.74) is -0.470. The molecule has 0 aromatic carbocycles. The standard InChI is InChI=1S/C13H24N2O3S/c1-5-9-13(3,4)15-19(16,17)12-8-7-11(18-12)10-14-6-2/h7-8,14-15H,5-6,9-10H2,1-4H3. The summed E-state index contributed by atoms with van der Waals surface area (Å²) in [5.74, 6) is 0.621. The molecule has 0 radical (unpaired) electrons. The number of nitrogens with one attached hydrogen (secondary N) is 2. The maximum absolute atomic E-state index is 12.2. The molecule has 0 saturated heterocycles. The maximum atomic E-state index is 12.2. The van der Waals surface area contributed by atoms with Crippen LogP contribution in [0.15, 0.2) is 21.6 Å². The molecule has 0 fully saturated rings. The quantitative estimate of drug-likeness (QED) is 0.769. The van der Waals surface area contributed by atoms with E-state index in [9.17, 15) is 8.42 Å². The molecule has 0 saturated carbocycles. The molecule has 0 aliphatic rings. The zero-order valence-electron chi connectivity index (χ0n) is 12.1. The summed E-state index contributed by atoms with van der Waals surface area (Å²) in [5, 5.41) is 3.07. The van der Waals surface area contributed by atoms with Crippen LogP contribution in [-0.4, -0.2) is 20.5 Å². The van der Waals surface area contributed by atoms with Crippen molar-refractivity contribution < 1.29 is 12.8 Å². The van der Waals surface area contributed by atoms with Gasteiger partial charge in [-0.15, -0.1) is 0 Å². The van der Waals surface area contributed by atoms with Crippen molar-refractivity contribution in [1.82, 2.24) is 10.0 Å². The number of hydrogen-bond donors (Lipinski definition) is 2. The van der Waals surface area contributed by atoms with Crippen LogP contribution in [-0.2, 0) is 16.6 Å². The molecule has 0 spiro atoms. The first-order chi connectivity index (χ1) is 8.80. The highest BCUT2D eigenvalue weighted by Gasteiger charge is 2.27. The summed E-state index contributed by atoms with van der Waals surface area (Å²) in [7, 11) is -3.59. The Morgan fingerprint density at radius 2 is 1.95 bits per heavy atom. The van der Waals surface area contributed by atoms with E-state index in [4.69, 9.17) is 4.42 Å². The van der Waals surface area contributed by atoms with Crippen LogP contribution in [0.3, 0.4) is 0 Å². The Kier molecular flexibility index (Phi) is 5.58. The van der Waals surface area contributed by atoms with Gasteiger partial charge in [-0.1, -0.05) is 20.3 Å². The Morgan fingerprint density at radius 3 is 2.53 bits per heavy atom. The Morgan fingerprint density at radius 1 is 1.26 bits per heavy atom. The second kappa shape index (κ2) is 6.54. The molecule has 0 bridgehead atoms. The van der Waals surface area contributed by atoms with E-state index in [0.29, 0.717) is 12.3 Å². The van der Waals surface area contributed by atoms with Crippen molar-refractivity contribution in [3.05, 3.63) is 17.9 Å². The zero-order valence-corrected chi connectivity index (χ0v) is 12.9. The summed E-state index contributed by atoms with van der Waals surface area (Å²) in [4.78, 5) is 0. The van der Waals surface area contributed by atoms with E-state index in [1.165, 1.54) is 6.07 Å². The van der Waals surface area contributed by atoms with Gasteiger partial charge in [-0.25, -0.2) is 13.1 Å². The molecule has 0 unspecified atom stereocenters. The highest BCUT2D eigenvalue weighted by Crippen LogP contribution is 2.19. The van der Waals surface area contributed by atoms with E-state index in [1.807, 2.05) is 27.7 Å². The minimum atomic E-state index is -3.59. The largest absolute Gasteiger partial charge is 0.447 e. The van der Waals surface area contributed by atoms with Gasteiger partial charge in [-0.2, -0.15) is 0 Å². The van der Waals surface area contributed by atoms with E-state index in [1.54, 1.807) is 6.07 Å². The zero-order chi connectivity index (χ0) is 14.5. The van der Waals surface area contributed by atoms with Crippen LogP contribution in [0.25, 0.3) is 0 Å². The topological polar surface area (TPSA) is 71.3 Å². The van der Waals surface area contributed by atoms with E-state index < -0.39 is 15.6 Å². The van der Waals surface area contributed by atoms with Gasteiger partial charge in [0.05, 0.1) is 6.54 Å². The fourth-order valence-electron chi connectivity index (χ4n) is 1.94. The fourth-order valence-corrected chi connectivity index (χ4v) is 3.33. The third-order valence-corrected chi connectivity index (χ3v) is 4.31. The second-order valence-electron chi connectivity index (χ2n) is 5.24. The van der Waals surface area contributed by atoms with E-state index >= 15 is 0 Å². The molecule has 5 nitrogen and oxygen atoms in total. The lowest BCUT2D eigenvalue weighted by Crippen LogP contribution is -2.42. The van der Waals surface area contributed by atoms with Gasteiger partial charge in [0, 0.05) is 5.54 Å². The van der Waals surface area contributed by atoms with Gasteiger partial charge in [0.15, 0.2) is 0 Å². The van der Waals surface area contributed by atoms with Gasteiger partial charge in [0.2, 0.25) is 5.09 Å². The van der Waals surface area contributed by atoms with Gasteiger partial charge in [-0.3, -0.25) is 0 Å². The molecule has 0 aliphatic carbocycles. The molecule has 2 N–H and O–H groups in total. The Hall–Kier alpha value is -0.850. The first kappa shape index (κ1) is 16.2. The van der Waals surface area contributed by atoms with Gasteiger partial charge in [0.1, 0.15) is 5.76 Å². The van der Waals surface area contributed by atoms with Crippen molar-refractivity contribution in [2.75, 3.05) is 6.54 Å². The summed E-state index contributed by atoms with van der Waals surface area (Å²) in [6.07, 6.45) is 1.69. The van der Waals surface area contributed by atoms with Crippen LogP contribution in [0.1, 0.15) is 46.3 Å². The maximum Gasteiger partial charge on any atom is 0.274 e. The van der Waals surface area contributed by atoms with E-state index in [-0.39, 0.29) is 5.09 Å². The predicted molar refractivity (Wildman–Crippen MR) is 75.4 cm³/mol. The third-order valence-electron chi connectivity index (χ3n) is 2.74. The minimum absolute atomic E-state index is 0.0235. The van der Waals surface area contributed by atoms with Gasteiger partial charge >= 0.3 is 0 Å². The number of furan rings is 1. The van der Waals surface area contributed by atoms with Crippen LogP contribution in [0.5, 0.6) is 0 Å². The Balaban J connectivity index is 2.80. The lowest BCUT2D eigenvalue weighted by atomic mass is 10.0. The average Bonchev–Trinajstić information content (AvgIpc) is 2.73. The summed E-state index contributed by atoms with van der Waals surface area (Å²) >= 11 is 0. The molecule has 0 atom stereocenters. The van der Waals surface area contributed by atoms with Crippen LogP contribution in [0.4, 0.5) is 0 Å². The van der Waals surface area contributed by atoms with Crippen molar-refractivity contribution in [2.45, 2.75) is 57.7 Å². The molecule has 1 aromatic heterocycles. The fraction of sp³-hybridized carbons (Fsp3) is 0.692. The van der Waals surface area contributed by atoms with Crippen molar-refractivity contribution in [2.24, 2.45) is 0 Å². The lowest BCUT2D eigenvalue weighted by Gasteiger charge is -2.24. The molecule has 0 amide bonds. The summed E-state index contributed by atoms with van der Waals surface area (Å²) < 4.78 is 32.4. The normalized spacial score (nSPS) is 12.8. The van der Waals surface area contributed by atoms with Crippen molar-refractivity contribution in [3.63, 3.8) is 0 Å². The van der Waals surface area contributed by atoms with Crippen LogP contribution < -0.4 is 10.0 Å². The van der Waals surface area contributed by atoms with Gasteiger partial charge < -0.3 is 9.73 Å². The van der Waals surface area contributed by atoms with Gasteiger partial charge in [0.25, 0.3) is 10.0 Å². The van der Waals surface area contributed by atoms with Crippen LogP contribution >= 0.6 is 0 Å². The molecule has 1 rings (SSSR count). The van der Waals surface area contributed by atoms with Crippen molar-refractivity contribution >= 4 is 10.0 Å². The number of rotatable bonds is 8. The third kappa shape index (κ3) is 4.97. The molecule has 6 heteroatoms. The van der Waals surface area contributed by atoms with Crippen molar-refractivity contribution in [3.8, 4) is 0 Å². The first-order valence-corrected chi connectivity index (χ1v) is 8.12. The van der Waals surface area contributed by atoms with Gasteiger partial charge in [-0.05, 0) is 38.9 Å². The molecule has 0 aliphatic heterocycles. The molecular formula is C13H24N2O3S. The Labute approximate surface area is 115 Å². The Bertz CT molecular complexity index is 492. The minimum Gasteiger partial charge on any atom is -0.447 e. The van der Waals surface area contributed by atoms with Crippen LogP contribution in [0.2, 0.25) is 0 Å². The molecule has 19 heavy (non-hydrogen) atoms. The monoisotopic (exact) mass is 288 g/mol. The van der Waals surface area contributed by atoms with E-state index in [0.717, 1.165) is 19.4 Å². The highest BCUT2D eigenvalue weighted by molar-refractivity contribution is 7.89. The smallest absolute Gasteiger partial charge is 0.274 e. The molecule has 110 valence electrons. The predicted octanol–water partition coefficient (Wildman–Crippen LogP) is 2.25. The SMILES string of the molecule is CCCC(C)(C)NS(=O)(=O)c1ccc(CNCC)o1. The first-order valence-electron chi connectivity index (χ1n) is 6.64. The van der Waals surface area contributed by atoms with Crippen LogP contribution in [0, 0.1) is 0 Å². The second-order valence-corrected chi connectivity index (χ2v) is 6.85. The number of hydrogen-bond acceptors (Lipinski definition) is 4. The summed E-state index contributed by atoms with van der Waals surface area (Å²) in [6.45, 7) is 9.09. The highest BCUT2D eigenvalue weighted by atomic mass is 32.2. The van der Waals surface area contributed by atoms with E-state index in [2.05, 4.69) is 10.0 Å².